The van der Waals surface area contributed by atoms with E-state index in [4.69, 9.17) is 0 Å². The van der Waals surface area contributed by atoms with Crippen LogP contribution in [0.5, 0.6) is 0 Å². The molecule has 2 bridgehead atoms. The van der Waals surface area contributed by atoms with Crippen LogP contribution in [-0.2, 0) is 4.79 Å². The molecule has 116 valence electrons. The number of fused-ring (bicyclic) bond motifs is 3. The first-order chi connectivity index (χ1) is 10.6. The minimum absolute atomic E-state index is 0.0499. The summed E-state index contributed by atoms with van der Waals surface area (Å²) in [5.41, 5.74) is 0.823. The molecule has 22 heavy (non-hydrogen) atoms. The zero-order chi connectivity index (χ0) is 15.5. The topological polar surface area (TPSA) is 75.5 Å². The number of amides is 1. The second kappa shape index (κ2) is 6.27. The van der Waals surface area contributed by atoms with E-state index in [1.165, 1.54) is 18.2 Å². The van der Waals surface area contributed by atoms with Crippen LogP contribution in [-0.4, -0.2) is 41.4 Å². The second-order valence-electron chi connectivity index (χ2n) is 5.94. The quantitative estimate of drug-likeness (QED) is 0.523. The standard InChI is InChI=1S/C16H19N3O3/c20-16(17-15-11-18-9-7-13(15)8-10-18)6-3-12-1-4-14(5-2-12)19(21)22/h1-6,13,15H,7-11H2,(H,17,20)/t15-/m0/s1. The summed E-state index contributed by atoms with van der Waals surface area (Å²) in [6.45, 7) is 3.24. The molecule has 0 unspecified atom stereocenters. The van der Waals surface area contributed by atoms with Crippen LogP contribution in [0, 0.1) is 16.0 Å². The Morgan fingerprint density at radius 3 is 2.50 bits per heavy atom. The van der Waals surface area contributed by atoms with Crippen molar-refractivity contribution in [2.45, 2.75) is 18.9 Å². The van der Waals surface area contributed by atoms with Gasteiger partial charge in [-0.3, -0.25) is 14.9 Å². The van der Waals surface area contributed by atoms with Crippen LogP contribution in [0.15, 0.2) is 30.3 Å². The third-order valence-corrected chi connectivity index (χ3v) is 4.51. The number of nitrogens with zero attached hydrogens (tertiary/aromatic N) is 2. The average molecular weight is 301 g/mol. The number of nitro benzene ring substituents is 1. The number of carbonyl (C=O) groups is 1. The SMILES string of the molecule is O=C(C=Cc1ccc([N+](=O)[O-])cc1)N[C@H]1CN2CCC1CC2. The predicted octanol–water partition coefficient (Wildman–Crippen LogP) is 1.82. The van der Waals surface area contributed by atoms with Crippen molar-refractivity contribution in [3.05, 3.63) is 46.0 Å². The van der Waals surface area contributed by atoms with Gasteiger partial charge in [0.25, 0.3) is 5.69 Å². The number of benzene rings is 1. The number of nitrogens with one attached hydrogen (secondary N) is 1. The van der Waals surface area contributed by atoms with Crippen LogP contribution in [0.25, 0.3) is 6.08 Å². The number of hydrogen-bond acceptors (Lipinski definition) is 4. The number of hydrogen-bond donors (Lipinski definition) is 1. The van der Waals surface area contributed by atoms with Gasteiger partial charge in [-0.1, -0.05) is 0 Å². The Kier molecular flexibility index (Phi) is 4.20. The van der Waals surface area contributed by atoms with Crippen molar-refractivity contribution in [1.29, 1.82) is 0 Å². The molecule has 0 aromatic heterocycles. The Balaban J connectivity index is 1.56. The van der Waals surface area contributed by atoms with Gasteiger partial charge in [0, 0.05) is 30.8 Å². The van der Waals surface area contributed by atoms with Crippen LogP contribution in [0.1, 0.15) is 18.4 Å². The third kappa shape index (κ3) is 3.33. The lowest BCUT2D eigenvalue weighted by atomic mass is 9.84. The molecule has 0 aliphatic carbocycles. The lowest BCUT2D eigenvalue weighted by Gasteiger charge is -2.44. The van der Waals surface area contributed by atoms with Gasteiger partial charge in [-0.15, -0.1) is 0 Å². The first-order valence-electron chi connectivity index (χ1n) is 7.57. The van der Waals surface area contributed by atoms with Gasteiger partial charge in [0.15, 0.2) is 0 Å². The van der Waals surface area contributed by atoms with Gasteiger partial charge in [0.05, 0.1) is 4.92 Å². The molecule has 1 atom stereocenters. The highest BCUT2D eigenvalue weighted by atomic mass is 16.6. The minimum Gasteiger partial charge on any atom is -0.348 e. The van der Waals surface area contributed by atoms with E-state index in [-0.39, 0.29) is 17.6 Å². The number of piperidine rings is 3. The Morgan fingerprint density at radius 1 is 1.27 bits per heavy atom. The summed E-state index contributed by atoms with van der Waals surface area (Å²) in [4.78, 5) is 24.6. The molecule has 1 aromatic carbocycles. The molecule has 6 nitrogen and oxygen atoms in total. The predicted molar refractivity (Wildman–Crippen MR) is 83.2 cm³/mol. The van der Waals surface area contributed by atoms with Gasteiger partial charge in [0.1, 0.15) is 0 Å². The summed E-state index contributed by atoms with van der Waals surface area (Å²) < 4.78 is 0. The van der Waals surface area contributed by atoms with Crippen molar-refractivity contribution in [3.63, 3.8) is 0 Å². The fraction of sp³-hybridized carbons (Fsp3) is 0.438. The van der Waals surface area contributed by atoms with E-state index in [9.17, 15) is 14.9 Å². The van der Waals surface area contributed by atoms with Gasteiger partial charge in [-0.2, -0.15) is 0 Å². The fourth-order valence-corrected chi connectivity index (χ4v) is 3.24. The highest BCUT2D eigenvalue weighted by Gasteiger charge is 2.34. The molecule has 1 amide bonds. The first-order valence-corrected chi connectivity index (χ1v) is 7.57. The molecular weight excluding hydrogens is 282 g/mol. The van der Waals surface area contributed by atoms with Crippen LogP contribution in [0.4, 0.5) is 5.69 Å². The number of carbonyl (C=O) groups excluding carboxylic acids is 1. The van der Waals surface area contributed by atoms with E-state index < -0.39 is 4.92 Å². The highest BCUT2D eigenvalue weighted by Crippen LogP contribution is 2.27. The number of rotatable bonds is 4. The molecule has 0 spiro atoms. The van der Waals surface area contributed by atoms with Crippen molar-refractivity contribution in [2.24, 2.45) is 5.92 Å². The molecule has 3 saturated heterocycles. The summed E-state index contributed by atoms with van der Waals surface area (Å²) in [6.07, 6.45) is 5.51. The number of nitro groups is 1. The van der Waals surface area contributed by atoms with Gasteiger partial charge >= 0.3 is 0 Å². The van der Waals surface area contributed by atoms with E-state index in [2.05, 4.69) is 10.2 Å². The largest absolute Gasteiger partial charge is 0.348 e. The molecule has 3 aliphatic heterocycles. The lowest BCUT2D eigenvalue weighted by Crippen LogP contribution is -2.57. The van der Waals surface area contributed by atoms with Crippen LogP contribution >= 0.6 is 0 Å². The van der Waals surface area contributed by atoms with Crippen molar-refractivity contribution in [3.8, 4) is 0 Å². The molecule has 3 heterocycles. The average Bonchev–Trinajstić information content (AvgIpc) is 2.54. The first kappa shape index (κ1) is 14.7. The molecular formula is C16H19N3O3. The van der Waals surface area contributed by atoms with E-state index in [0.717, 1.165) is 38.0 Å². The van der Waals surface area contributed by atoms with Gasteiger partial charge < -0.3 is 10.2 Å². The molecule has 6 heteroatoms. The van der Waals surface area contributed by atoms with E-state index in [1.54, 1.807) is 18.2 Å². The van der Waals surface area contributed by atoms with Crippen molar-refractivity contribution in [2.75, 3.05) is 19.6 Å². The molecule has 0 radical (unpaired) electrons. The maximum absolute atomic E-state index is 12.0. The minimum atomic E-state index is -0.437. The Hall–Kier alpha value is -2.21. The van der Waals surface area contributed by atoms with Gasteiger partial charge in [-0.25, -0.2) is 0 Å². The van der Waals surface area contributed by atoms with E-state index >= 15 is 0 Å². The summed E-state index contributed by atoms with van der Waals surface area (Å²) in [5.74, 6) is 0.499. The van der Waals surface area contributed by atoms with Crippen LogP contribution in [0.3, 0.4) is 0 Å². The Morgan fingerprint density at radius 2 is 1.95 bits per heavy atom. The van der Waals surface area contributed by atoms with E-state index in [1.807, 2.05) is 0 Å². The van der Waals surface area contributed by atoms with Crippen LogP contribution < -0.4 is 5.32 Å². The second-order valence-corrected chi connectivity index (χ2v) is 5.94. The normalized spacial score (nSPS) is 27.0. The highest BCUT2D eigenvalue weighted by molar-refractivity contribution is 5.92. The molecule has 1 N–H and O–H groups in total. The zero-order valence-corrected chi connectivity index (χ0v) is 12.3. The zero-order valence-electron chi connectivity index (χ0n) is 12.3. The number of non-ortho nitro benzene ring substituents is 1. The fourth-order valence-electron chi connectivity index (χ4n) is 3.24. The Bertz CT molecular complexity index is 589. The summed E-state index contributed by atoms with van der Waals surface area (Å²) in [7, 11) is 0. The molecule has 0 saturated carbocycles. The van der Waals surface area contributed by atoms with Crippen molar-refractivity contribution < 1.29 is 9.72 Å². The van der Waals surface area contributed by atoms with Crippen LogP contribution in [0.2, 0.25) is 0 Å². The maximum Gasteiger partial charge on any atom is 0.269 e. The third-order valence-electron chi connectivity index (χ3n) is 4.51. The van der Waals surface area contributed by atoms with Gasteiger partial charge in [-0.05, 0) is 55.6 Å². The smallest absolute Gasteiger partial charge is 0.269 e. The monoisotopic (exact) mass is 301 g/mol. The van der Waals surface area contributed by atoms with Gasteiger partial charge in [0.2, 0.25) is 5.91 Å². The van der Waals surface area contributed by atoms with E-state index in [0.29, 0.717) is 5.92 Å². The summed E-state index contributed by atoms with van der Waals surface area (Å²) in [6, 6.07) is 6.39. The lowest BCUT2D eigenvalue weighted by molar-refractivity contribution is -0.384. The molecule has 3 aliphatic rings. The Labute approximate surface area is 129 Å². The summed E-state index contributed by atoms with van der Waals surface area (Å²) >= 11 is 0. The molecule has 4 rings (SSSR count). The molecule has 1 aromatic rings. The summed E-state index contributed by atoms with van der Waals surface area (Å²) in [5, 5.41) is 13.7. The molecule has 3 fully saturated rings. The van der Waals surface area contributed by atoms with Crippen molar-refractivity contribution in [1.82, 2.24) is 10.2 Å². The maximum atomic E-state index is 12.0. The van der Waals surface area contributed by atoms with Crippen molar-refractivity contribution >= 4 is 17.7 Å².